The first-order chi connectivity index (χ1) is 19.7. The Bertz CT molecular complexity index is 1370. The molecular formula is C29H39N5O8. The van der Waals surface area contributed by atoms with Crippen LogP contribution in [0.15, 0.2) is 43.1 Å². The molecule has 0 aliphatic carbocycles. The normalized spacial score (nSPS) is 17.5. The molecule has 0 aromatic carbocycles. The fourth-order valence-corrected chi connectivity index (χ4v) is 5.14. The maximum absolute atomic E-state index is 10.3. The van der Waals surface area contributed by atoms with Crippen LogP contribution >= 0.6 is 0 Å². The molecule has 13 nitrogen and oxygen atoms in total. The van der Waals surface area contributed by atoms with Gasteiger partial charge in [-0.15, -0.1) is 0 Å². The molecule has 3 aromatic rings. The maximum atomic E-state index is 10.3. The quantitative estimate of drug-likeness (QED) is 0.243. The molecule has 42 heavy (non-hydrogen) atoms. The molecule has 4 heterocycles. The summed E-state index contributed by atoms with van der Waals surface area (Å²) in [5, 5.41) is 33.8. The highest BCUT2D eigenvalue weighted by Crippen LogP contribution is 2.40. The fraction of sp³-hybridized carbons (Fsp3) is 0.517. The minimum atomic E-state index is -2.74. The number of fused-ring (bicyclic) bond motifs is 1. The van der Waals surface area contributed by atoms with Crippen LogP contribution in [0.3, 0.4) is 0 Å². The number of rotatable bonds is 12. The Morgan fingerprint density at radius 2 is 1.74 bits per heavy atom. The van der Waals surface area contributed by atoms with Crippen LogP contribution in [0.4, 0.5) is 0 Å². The van der Waals surface area contributed by atoms with E-state index in [1.54, 1.807) is 6.20 Å². The third-order valence-electron chi connectivity index (χ3n) is 7.67. The Morgan fingerprint density at radius 1 is 1.05 bits per heavy atom. The molecule has 1 aliphatic heterocycles. The predicted molar refractivity (Wildman–Crippen MR) is 152 cm³/mol. The van der Waals surface area contributed by atoms with E-state index in [0.29, 0.717) is 0 Å². The van der Waals surface area contributed by atoms with E-state index in [2.05, 4.69) is 57.3 Å². The van der Waals surface area contributed by atoms with Crippen molar-refractivity contribution in [3.8, 4) is 0 Å². The summed E-state index contributed by atoms with van der Waals surface area (Å²) in [7, 11) is 0. The van der Waals surface area contributed by atoms with Gasteiger partial charge in [0.1, 0.15) is 0 Å². The van der Waals surface area contributed by atoms with Gasteiger partial charge in [-0.1, -0.05) is 6.07 Å². The van der Waals surface area contributed by atoms with Gasteiger partial charge in [-0.3, -0.25) is 24.5 Å². The second-order valence-corrected chi connectivity index (χ2v) is 11.3. The number of aliphatic carboxylic acids is 3. The lowest BCUT2D eigenvalue weighted by molar-refractivity contribution is -0.170. The lowest BCUT2D eigenvalue weighted by atomic mass is 9.87. The van der Waals surface area contributed by atoms with Gasteiger partial charge in [-0.2, -0.15) is 0 Å². The first-order valence-electron chi connectivity index (χ1n) is 13.6. The standard InChI is InChI=1S/C23H31N5O.C6H8O7/c1-5-29-16-23(14-27-17-26-20-8-10-24-13-21(20)27)9-11-28(15-23)22(3,4)19-7-6-18(2)25-12-19;7-3(8)1-6(13,5(11)12)2-4(9)10/h6-8,10,12-13,17H,5,9,11,14-16H2,1-4H3;13H,1-2H2,(H,7,8)(H,9,10)(H,11,12)/t23-;/m0./s1. The van der Waals surface area contributed by atoms with Gasteiger partial charge >= 0.3 is 17.9 Å². The topological polar surface area (TPSA) is 188 Å². The van der Waals surface area contributed by atoms with E-state index in [9.17, 15) is 14.4 Å². The molecule has 4 N–H and O–H groups in total. The van der Waals surface area contributed by atoms with E-state index in [-0.39, 0.29) is 11.0 Å². The molecule has 228 valence electrons. The number of aryl methyl sites for hydroxylation is 1. The summed E-state index contributed by atoms with van der Waals surface area (Å²) in [5.74, 6) is -5.02. The minimum absolute atomic E-state index is 0.0505. The lowest BCUT2D eigenvalue weighted by Crippen LogP contribution is -2.43. The monoisotopic (exact) mass is 585 g/mol. The number of pyridine rings is 2. The molecule has 0 spiro atoms. The first-order valence-corrected chi connectivity index (χ1v) is 13.6. The van der Waals surface area contributed by atoms with Crippen molar-refractivity contribution in [3.63, 3.8) is 0 Å². The average Bonchev–Trinajstić information content (AvgIpc) is 3.53. The van der Waals surface area contributed by atoms with Gasteiger partial charge in [-0.25, -0.2) is 9.78 Å². The SMILES string of the molecule is CCOC[C@]1(Cn2cnc3ccncc32)CCN(C(C)(C)c2ccc(C)nc2)C1.O=C(O)CC(O)(CC(=O)O)C(=O)O. The first kappa shape index (κ1) is 32.6. The largest absolute Gasteiger partial charge is 0.481 e. The zero-order chi connectivity index (χ0) is 31.1. The Kier molecular flexibility index (Phi) is 10.4. The molecular weight excluding hydrogens is 546 g/mol. The van der Waals surface area contributed by atoms with E-state index in [1.165, 1.54) is 5.56 Å². The molecule has 1 atom stereocenters. The van der Waals surface area contributed by atoms with E-state index in [4.69, 9.17) is 25.2 Å². The van der Waals surface area contributed by atoms with Crippen molar-refractivity contribution in [2.75, 3.05) is 26.3 Å². The Labute approximate surface area is 243 Å². The van der Waals surface area contributed by atoms with Crippen molar-refractivity contribution in [2.24, 2.45) is 5.41 Å². The second kappa shape index (κ2) is 13.4. The molecule has 1 saturated heterocycles. The van der Waals surface area contributed by atoms with Crippen LogP contribution in [0.2, 0.25) is 0 Å². The molecule has 13 heteroatoms. The summed E-state index contributed by atoms with van der Waals surface area (Å²) in [4.78, 5) is 46.4. The minimum Gasteiger partial charge on any atom is -0.481 e. The molecule has 0 radical (unpaired) electrons. The molecule has 0 bridgehead atoms. The number of carboxylic acids is 3. The number of carbonyl (C=O) groups is 3. The molecule has 1 aliphatic rings. The van der Waals surface area contributed by atoms with Gasteiger partial charge in [0.15, 0.2) is 5.60 Å². The molecule has 3 aromatic heterocycles. The van der Waals surface area contributed by atoms with Gasteiger partial charge in [0, 0.05) is 48.7 Å². The number of aliphatic hydroxyl groups is 1. The Balaban J connectivity index is 0.000000316. The molecule has 1 fully saturated rings. The number of ether oxygens (including phenoxy) is 1. The summed E-state index contributed by atoms with van der Waals surface area (Å²) in [6.07, 6.45) is 6.47. The summed E-state index contributed by atoms with van der Waals surface area (Å²) < 4.78 is 8.22. The van der Waals surface area contributed by atoms with Gasteiger partial charge in [0.25, 0.3) is 0 Å². The van der Waals surface area contributed by atoms with Gasteiger partial charge < -0.3 is 29.7 Å². The van der Waals surface area contributed by atoms with Gasteiger partial charge in [0.05, 0.1) is 43.0 Å². The molecule has 0 amide bonds. The van der Waals surface area contributed by atoms with Crippen molar-refractivity contribution in [1.29, 1.82) is 0 Å². The van der Waals surface area contributed by atoms with Crippen LogP contribution in [0, 0.1) is 12.3 Å². The van der Waals surface area contributed by atoms with Crippen molar-refractivity contribution < 1.29 is 39.5 Å². The number of hydrogen-bond acceptors (Lipinski definition) is 9. The third kappa shape index (κ3) is 7.87. The summed E-state index contributed by atoms with van der Waals surface area (Å²) >= 11 is 0. The Morgan fingerprint density at radius 3 is 2.31 bits per heavy atom. The fourth-order valence-electron chi connectivity index (χ4n) is 5.14. The highest BCUT2D eigenvalue weighted by molar-refractivity contribution is 5.88. The van der Waals surface area contributed by atoms with Crippen molar-refractivity contribution in [1.82, 2.24) is 24.4 Å². The van der Waals surface area contributed by atoms with Crippen LogP contribution < -0.4 is 0 Å². The number of carboxylic acid groups (broad SMARTS) is 3. The van der Waals surface area contributed by atoms with Crippen LogP contribution in [-0.2, 0) is 31.2 Å². The molecule has 0 unspecified atom stereocenters. The van der Waals surface area contributed by atoms with Gasteiger partial charge in [-0.05, 0) is 58.4 Å². The zero-order valence-electron chi connectivity index (χ0n) is 24.4. The molecule has 0 saturated carbocycles. The highest BCUT2D eigenvalue weighted by Gasteiger charge is 2.44. The van der Waals surface area contributed by atoms with Crippen LogP contribution in [0.5, 0.6) is 0 Å². The molecule has 4 rings (SSSR count). The number of aromatic nitrogens is 4. The van der Waals surface area contributed by atoms with Crippen molar-refractivity contribution in [2.45, 2.75) is 64.6 Å². The van der Waals surface area contributed by atoms with Crippen molar-refractivity contribution in [3.05, 3.63) is 54.4 Å². The summed E-state index contributed by atoms with van der Waals surface area (Å²) in [6, 6.07) is 6.28. The maximum Gasteiger partial charge on any atom is 0.336 e. The number of nitrogens with zero attached hydrogens (tertiary/aromatic N) is 5. The Hall–Kier alpha value is -3.94. The number of imidazole rings is 1. The second-order valence-electron chi connectivity index (χ2n) is 11.3. The predicted octanol–water partition coefficient (Wildman–Crippen LogP) is 2.55. The number of hydrogen-bond donors (Lipinski definition) is 4. The van der Waals surface area contributed by atoms with Crippen LogP contribution in [0.25, 0.3) is 11.0 Å². The van der Waals surface area contributed by atoms with E-state index < -0.39 is 36.4 Å². The van der Waals surface area contributed by atoms with E-state index >= 15 is 0 Å². The number of likely N-dealkylation sites (tertiary alicyclic amines) is 1. The van der Waals surface area contributed by atoms with E-state index in [1.807, 2.05) is 31.7 Å². The van der Waals surface area contributed by atoms with Crippen LogP contribution in [0.1, 0.15) is 51.3 Å². The summed E-state index contributed by atoms with van der Waals surface area (Å²) in [6.45, 7) is 13.1. The third-order valence-corrected chi connectivity index (χ3v) is 7.67. The average molecular weight is 586 g/mol. The smallest absolute Gasteiger partial charge is 0.336 e. The van der Waals surface area contributed by atoms with Crippen LogP contribution in [-0.4, -0.2) is 94.7 Å². The summed E-state index contributed by atoms with van der Waals surface area (Å²) in [5.41, 5.74) is 1.63. The van der Waals surface area contributed by atoms with E-state index in [0.717, 1.165) is 56.0 Å². The van der Waals surface area contributed by atoms with Crippen molar-refractivity contribution >= 4 is 28.9 Å². The zero-order valence-corrected chi connectivity index (χ0v) is 24.4. The highest BCUT2D eigenvalue weighted by atomic mass is 16.5. The van der Waals surface area contributed by atoms with Gasteiger partial charge in [0.2, 0.25) is 0 Å². The lowest BCUT2D eigenvalue weighted by Gasteiger charge is -2.38.